The summed E-state index contributed by atoms with van der Waals surface area (Å²) in [6, 6.07) is 12.7. The highest BCUT2D eigenvalue weighted by Crippen LogP contribution is 2.26. The first-order valence-electron chi connectivity index (χ1n) is 6.53. The van der Waals surface area contributed by atoms with Crippen molar-refractivity contribution in [2.75, 3.05) is 5.32 Å². The van der Waals surface area contributed by atoms with Gasteiger partial charge in [-0.15, -0.1) is 0 Å². The molecule has 0 aliphatic heterocycles. The summed E-state index contributed by atoms with van der Waals surface area (Å²) in [4.78, 5) is 0. The van der Waals surface area contributed by atoms with Crippen LogP contribution in [-0.2, 0) is 0 Å². The average molecular weight is 356 g/mol. The molecule has 1 atom stereocenters. The third-order valence-electron chi connectivity index (χ3n) is 3.12. The van der Waals surface area contributed by atoms with E-state index in [1.165, 1.54) is 6.07 Å². The van der Waals surface area contributed by atoms with Gasteiger partial charge in [0, 0.05) is 16.2 Å². The molecule has 2 aromatic rings. The molecule has 0 saturated heterocycles. The summed E-state index contributed by atoms with van der Waals surface area (Å²) in [5.74, 6) is 0.170. The van der Waals surface area contributed by atoms with E-state index in [1.807, 2.05) is 38.1 Å². The lowest BCUT2D eigenvalue weighted by molar-refractivity contribution is -0.0498. The fourth-order valence-electron chi connectivity index (χ4n) is 2.03. The maximum atomic E-state index is 12.2. The van der Waals surface area contributed by atoms with Crippen molar-refractivity contribution in [1.29, 1.82) is 0 Å². The SMILES string of the molecule is Cc1cc(NC(C)c2cccc(OC(F)F)c2)ccc1Br. The Kier molecular flexibility index (Phi) is 5.17. The summed E-state index contributed by atoms with van der Waals surface area (Å²) >= 11 is 3.46. The van der Waals surface area contributed by atoms with E-state index in [0.29, 0.717) is 0 Å². The van der Waals surface area contributed by atoms with Crippen LogP contribution in [0.4, 0.5) is 14.5 Å². The van der Waals surface area contributed by atoms with E-state index >= 15 is 0 Å². The van der Waals surface area contributed by atoms with Gasteiger partial charge in [0.2, 0.25) is 0 Å². The Morgan fingerprint density at radius 1 is 1.14 bits per heavy atom. The Morgan fingerprint density at radius 3 is 2.57 bits per heavy atom. The van der Waals surface area contributed by atoms with Crippen LogP contribution in [0.15, 0.2) is 46.9 Å². The maximum Gasteiger partial charge on any atom is 0.387 e. The fourth-order valence-corrected chi connectivity index (χ4v) is 2.27. The van der Waals surface area contributed by atoms with Crippen LogP contribution in [0.3, 0.4) is 0 Å². The lowest BCUT2D eigenvalue weighted by Gasteiger charge is -2.17. The van der Waals surface area contributed by atoms with Gasteiger partial charge in [0.25, 0.3) is 0 Å². The predicted molar refractivity (Wildman–Crippen MR) is 84.0 cm³/mol. The molecule has 1 N–H and O–H groups in total. The molecule has 21 heavy (non-hydrogen) atoms. The van der Waals surface area contributed by atoms with Gasteiger partial charge in [0.1, 0.15) is 5.75 Å². The highest BCUT2D eigenvalue weighted by atomic mass is 79.9. The number of hydrogen-bond donors (Lipinski definition) is 1. The van der Waals surface area contributed by atoms with E-state index in [0.717, 1.165) is 21.3 Å². The van der Waals surface area contributed by atoms with E-state index in [-0.39, 0.29) is 11.8 Å². The molecule has 0 amide bonds. The number of ether oxygens (including phenoxy) is 1. The molecule has 1 unspecified atom stereocenters. The summed E-state index contributed by atoms with van der Waals surface area (Å²) in [6.45, 7) is 1.17. The van der Waals surface area contributed by atoms with Crippen LogP contribution < -0.4 is 10.1 Å². The largest absolute Gasteiger partial charge is 0.435 e. The fraction of sp³-hybridized carbons (Fsp3) is 0.250. The van der Waals surface area contributed by atoms with Crippen LogP contribution in [0.5, 0.6) is 5.75 Å². The number of alkyl halides is 2. The second kappa shape index (κ2) is 6.89. The quantitative estimate of drug-likeness (QED) is 0.760. The predicted octanol–water partition coefficient (Wildman–Crippen LogP) is 5.53. The van der Waals surface area contributed by atoms with E-state index in [1.54, 1.807) is 12.1 Å². The zero-order chi connectivity index (χ0) is 15.4. The third kappa shape index (κ3) is 4.43. The first kappa shape index (κ1) is 15.8. The summed E-state index contributed by atoms with van der Waals surface area (Å²) in [7, 11) is 0. The minimum absolute atomic E-state index is 0.0215. The number of halogens is 3. The van der Waals surface area contributed by atoms with Gasteiger partial charge in [0.05, 0.1) is 0 Å². The van der Waals surface area contributed by atoms with Crippen molar-refractivity contribution in [2.45, 2.75) is 26.5 Å². The molecule has 2 aromatic carbocycles. The Labute approximate surface area is 131 Å². The summed E-state index contributed by atoms with van der Waals surface area (Å²) in [5.41, 5.74) is 2.99. The van der Waals surface area contributed by atoms with Gasteiger partial charge in [-0.2, -0.15) is 8.78 Å². The molecule has 0 aliphatic rings. The van der Waals surface area contributed by atoms with Crippen LogP contribution in [0.25, 0.3) is 0 Å². The molecular formula is C16H16BrF2NO. The van der Waals surface area contributed by atoms with E-state index < -0.39 is 6.61 Å². The third-order valence-corrected chi connectivity index (χ3v) is 4.01. The summed E-state index contributed by atoms with van der Waals surface area (Å²) in [6.07, 6.45) is 0. The van der Waals surface area contributed by atoms with Gasteiger partial charge in [-0.25, -0.2) is 0 Å². The minimum atomic E-state index is -2.81. The molecule has 5 heteroatoms. The number of anilines is 1. The Morgan fingerprint density at radius 2 is 1.90 bits per heavy atom. The highest BCUT2D eigenvalue weighted by molar-refractivity contribution is 9.10. The zero-order valence-electron chi connectivity index (χ0n) is 11.7. The van der Waals surface area contributed by atoms with Gasteiger partial charge in [-0.1, -0.05) is 28.1 Å². The lowest BCUT2D eigenvalue weighted by atomic mass is 10.1. The van der Waals surface area contributed by atoms with E-state index in [9.17, 15) is 8.78 Å². The number of rotatable bonds is 5. The van der Waals surface area contributed by atoms with Crippen molar-refractivity contribution in [2.24, 2.45) is 0 Å². The van der Waals surface area contributed by atoms with Gasteiger partial charge < -0.3 is 10.1 Å². The molecule has 0 heterocycles. The average Bonchev–Trinajstić information content (AvgIpc) is 2.42. The van der Waals surface area contributed by atoms with Crippen LogP contribution in [-0.4, -0.2) is 6.61 Å². The normalized spacial score (nSPS) is 12.3. The van der Waals surface area contributed by atoms with E-state index in [4.69, 9.17) is 0 Å². The van der Waals surface area contributed by atoms with Crippen molar-refractivity contribution in [1.82, 2.24) is 0 Å². The molecule has 0 aromatic heterocycles. The Balaban J connectivity index is 2.12. The standard InChI is InChI=1S/C16H16BrF2NO/c1-10-8-13(6-7-15(10)17)20-11(2)12-4-3-5-14(9-12)21-16(18)19/h3-9,11,16,20H,1-2H3. The van der Waals surface area contributed by atoms with Crippen molar-refractivity contribution in [3.8, 4) is 5.75 Å². The number of aryl methyl sites for hydroxylation is 1. The summed E-state index contributed by atoms with van der Waals surface area (Å²) in [5, 5.41) is 3.34. The van der Waals surface area contributed by atoms with Crippen molar-refractivity contribution >= 4 is 21.6 Å². The minimum Gasteiger partial charge on any atom is -0.435 e. The zero-order valence-corrected chi connectivity index (χ0v) is 13.3. The first-order valence-corrected chi connectivity index (χ1v) is 7.32. The Bertz CT molecular complexity index is 619. The molecule has 0 saturated carbocycles. The van der Waals surface area contributed by atoms with Crippen LogP contribution in [0.2, 0.25) is 0 Å². The molecule has 0 spiro atoms. The maximum absolute atomic E-state index is 12.2. The smallest absolute Gasteiger partial charge is 0.387 e. The molecular weight excluding hydrogens is 340 g/mol. The second-order valence-corrected chi connectivity index (χ2v) is 5.64. The van der Waals surface area contributed by atoms with E-state index in [2.05, 4.69) is 26.0 Å². The molecule has 112 valence electrons. The molecule has 2 nitrogen and oxygen atoms in total. The Hall–Kier alpha value is -1.62. The van der Waals surface area contributed by atoms with Crippen molar-refractivity contribution in [3.63, 3.8) is 0 Å². The summed E-state index contributed by atoms with van der Waals surface area (Å²) < 4.78 is 30.0. The monoisotopic (exact) mass is 355 g/mol. The molecule has 0 radical (unpaired) electrons. The highest BCUT2D eigenvalue weighted by Gasteiger charge is 2.09. The molecule has 0 aliphatic carbocycles. The van der Waals surface area contributed by atoms with Crippen molar-refractivity contribution < 1.29 is 13.5 Å². The van der Waals surface area contributed by atoms with Crippen LogP contribution >= 0.6 is 15.9 Å². The second-order valence-electron chi connectivity index (χ2n) is 4.78. The van der Waals surface area contributed by atoms with Crippen molar-refractivity contribution in [3.05, 3.63) is 58.1 Å². The topological polar surface area (TPSA) is 21.3 Å². The van der Waals surface area contributed by atoms with Gasteiger partial charge in [-0.05, 0) is 55.3 Å². The van der Waals surface area contributed by atoms with Crippen LogP contribution in [0, 0.1) is 6.92 Å². The molecule has 0 fully saturated rings. The first-order chi connectivity index (χ1) is 9.95. The molecule has 2 rings (SSSR count). The number of nitrogens with one attached hydrogen (secondary N) is 1. The number of benzene rings is 2. The number of hydrogen-bond acceptors (Lipinski definition) is 2. The lowest BCUT2D eigenvalue weighted by Crippen LogP contribution is -2.08. The van der Waals surface area contributed by atoms with Gasteiger partial charge in [0.15, 0.2) is 0 Å². The molecule has 0 bridgehead atoms. The van der Waals surface area contributed by atoms with Gasteiger partial charge in [-0.3, -0.25) is 0 Å². The van der Waals surface area contributed by atoms with Crippen LogP contribution in [0.1, 0.15) is 24.1 Å². The van der Waals surface area contributed by atoms with Gasteiger partial charge >= 0.3 is 6.61 Å².